The molecule has 0 unspecified atom stereocenters. The van der Waals surface area contributed by atoms with E-state index in [1.807, 2.05) is 0 Å². The summed E-state index contributed by atoms with van der Waals surface area (Å²) in [5.41, 5.74) is 0.598. The number of sulfonamides is 1. The highest BCUT2D eigenvalue weighted by Crippen LogP contribution is 2.13. The summed E-state index contributed by atoms with van der Waals surface area (Å²) in [6.07, 6.45) is -0.0261. The molecule has 0 fully saturated rings. The highest BCUT2D eigenvalue weighted by Gasteiger charge is 2.25. The van der Waals surface area contributed by atoms with Crippen molar-refractivity contribution in [2.75, 3.05) is 0 Å². The van der Waals surface area contributed by atoms with Gasteiger partial charge in [-0.25, -0.2) is 8.42 Å². The van der Waals surface area contributed by atoms with Crippen LogP contribution in [-0.4, -0.2) is 30.6 Å². The van der Waals surface area contributed by atoms with Crippen LogP contribution in [0, 0.1) is 0 Å². The van der Waals surface area contributed by atoms with E-state index < -0.39 is 22.0 Å². The Hall–Kier alpha value is -2.38. The van der Waals surface area contributed by atoms with Gasteiger partial charge in [0.25, 0.3) is 0 Å². The molecule has 2 rings (SSSR count). The molecule has 0 aromatic heterocycles. The number of carboxylic acid groups (broad SMARTS) is 1. The predicted molar refractivity (Wildman–Crippen MR) is 80.0 cm³/mol. The molecule has 0 heterocycles. The van der Waals surface area contributed by atoms with Crippen LogP contribution in [0.25, 0.3) is 0 Å². The highest BCUT2D eigenvalue weighted by atomic mass is 32.2. The summed E-state index contributed by atoms with van der Waals surface area (Å²) in [6, 6.07) is 12.2. The minimum absolute atomic E-state index is 0.00644. The van der Waals surface area contributed by atoms with Crippen LogP contribution < -0.4 is 4.72 Å². The topological polar surface area (TPSA) is 104 Å². The lowest BCUT2D eigenvalue weighted by atomic mass is 10.1. The largest absolute Gasteiger partial charge is 0.508 e. The van der Waals surface area contributed by atoms with Crippen LogP contribution >= 0.6 is 0 Å². The van der Waals surface area contributed by atoms with E-state index in [4.69, 9.17) is 0 Å². The Balaban J connectivity index is 2.19. The van der Waals surface area contributed by atoms with Crippen molar-refractivity contribution in [3.8, 4) is 5.75 Å². The molecule has 3 N–H and O–H groups in total. The first-order chi connectivity index (χ1) is 10.4. The second kappa shape index (κ2) is 6.59. The van der Waals surface area contributed by atoms with E-state index in [1.54, 1.807) is 30.3 Å². The fraction of sp³-hybridized carbons (Fsp3) is 0.133. The zero-order valence-corrected chi connectivity index (χ0v) is 12.3. The van der Waals surface area contributed by atoms with Gasteiger partial charge in [0.15, 0.2) is 0 Å². The van der Waals surface area contributed by atoms with E-state index in [2.05, 4.69) is 4.72 Å². The molecule has 0 amide bonds. The zero-order valence-electron chi connectivity index (χ0n) is 11.5. The minimum Gasteiger partial charge on any atom is -0.508 e. The second-order valence-corrected chi connectivity index (χ2v) is 6.41. The van der Waals surface area contributed by atoms with E-state index in [0.717, 1.165) is 0 Å². The van der Waals surface area contributed by atoms with Crippen LogP contribution in [0.15, 0.2) is 59.5 Å². The van der Waals surface area contributed by atoms with E-state index in [9.17, 15) is 23.4 Å². The molecular weight excluding hydrogens is 306 g/mol. The van der Waals surface area contributed by atoms with Gasteiger partial charge in [-0.15, -0.1) is 0 Å². The smallest absolute Gasteiger partial charge is 0.322 e. The Kier molecular flexibility index (Phi) is 4.79. The van der Waals surface area contributed by atoms with Crippen molar-refractivity contribution >= 4 is 16.0 Å². The Labute approximate surface area is 128 Å². The van der Waals surface area contributed by atoms with Gasteiger partial charge in [0.05, 0.1) is 4.90 Å². The molecule has 0 bridgehead atoms. The zero-order chi connectivity index (χ0) is 16.2. The molecule has 7 heteroatoms. The number of phenolic OH excluding ortho intramolecular Hbond substituents is 1. The van der Waals surface area contributed by atoms with Crippen molar-refractivity contribution in [1.29, 1.82) is 0 Å². The first-order valence-corrected chi connectivity index (χ1v) is 7.95. The first-order valence-electron chi connectivity index (χ1n) is 6.46. The average molecular weight is 321 g/mol. The van der Waals surface area contributed by atoms with Crippen molar-refractivity contribution in [3.05, 3.63) is 60.2 Å². The summed E-state index contributed by atoms with van der Waals surface area (Å²) in [7, 11) is -3.91. The number of carboxylic acids is 1. The monoisotopic (exact) mass is 321 g/mol. The molecule has 0 radical (unpaired) electrons. The fourth-order valence-corrected chi connectivity index (χ4v) is 3.11. The molecule has 2 aromatic rings. The van der Waals surface area contributed by atoms with E-state index in [1.165, 1.54) is 24.3 Å². The molecule has 0 aliphatic rings. The minimum atomic E-state index is -3.91. The van der Waals surface area contributed by atoms with Gasteiger partial charge in [-0.2, -0.15) is 4.72 Å². The molecule has 0 aliphatic heterocycles. The number of aromatic hydroxyl groups is 1. The quantitative estimate of drug-likeness (QED) is 0.745. The molecule has 22 heavy (non-hydrogen) atoms. The summed E-state index contributed by atoms with van der Waals surface area (Å²) < 4.78 is 26.5. The molecule has 0 saturated heterocycles. The van der Waals surface area contributed by atoms with Crippen LogP contribution in [0.1, 0.15) is 5.56 Å². The molecular formula is C15H15NO5S. The van der Waals surface area contributed by atoms with Crippen molar-refractivity contribution in [3.63, 3.8) is 0 Å². The molecule has 0 saturated carbocycles. The third-order valence-electron chi connectivity index (χ3n) is 3.03. The Morgan fingerprint density at radius 1 is 1.05 bits per heavy atom. The SMILES string of the molecule is O=C(O)[C@@H](Cc1ccc(O)cc1)NS(=O)(=O)c1ccccc1. The molecule has 2 aromatic carbocycles. The lowest BCUT2D eigenvalue weighted by molar-refractivity contribution is -0.138. The summed E-state index contributed by atoms with van der Waals surface area (Å²) in [4.78, 5) is 11.3. The van der Waals surface area contributed by atoms with Crippen LogP contribution in [0.3, 0.4) is 0 Å². The summed E-state index contributed by atoms with van der Waals surface area (Å²) in [5, 5.41) is 18.4. The summed E-state index contributed by atoms with van der Waals surface area (Å²) in [6.45, 7) is 0. The number of nitrogens with one attached hydrogen (secondary N) is 1. The van der Waals surface area contributed by atoms with Gasteiger partial charge in [-0.1, -0.05) is 30.3 Å². The van der Waals surface area contributed by atoms with Crippen LogP contribution in [0.2, 0.25) is 0 Å². The van der Waals surface area contributed by atoms with E-state index >= 15 is 0 Å². The normalized spacial score (nSPS) is 12.7. The van der Waals surface area contributed by atoms with Crippen molar-refractivity contribution in [1.82, 2.24) is 4.72 Å². The molecule has 116 valence electrons. The Morgan fingerprint density at radius 3 is 2.18 bits per heavy atom. The van der Waals surface area contributed by atoms with Crippen LogP contribution in [-0.2, 0) is 21.2 Å². The van der Waals surface area contributed by atoms with Gasteiger partial charge in [-0.3, -0.25) is 4.79 Å². The third kappa shape index (κ3) is 4.06. The molecule has 0 aliphatic carbocycles. The number of hydrogen-bond donors (Lipinski definition) is 3. The molecule has 1 atom stereocenters. The maximum atomic E-state index is 12.2. The van der Waals surface area contributed by atoms with Gasteiger partial charge in [0.1, 0.15) is 11.8 Å². The Morgan fingerprint density at radius 2 is 1.64 bits per heavy atom. The summed E-state index contributed by atoms with van der Waals surface area (Å²) in [5.74, 6) is -1.21. The predicted octanol–water partition coefficient (Wildman–Crippen LogP) is 1.37. The first kappa shape index (κ1) is 16.0. The van der Waals surface area contributed by atoms with Crippen molar-refractivity contribution < 1.29 is 23.4 Å². The number of aliphatic carboxylic acids is 1. The fourth-order valence-electron chi connectivity index (χ4n) is 1.90. The van der Waals surface area contributed by atoms with Crippen LogP contribution in [0.5, 0.6) is 5.75 Å². The maximum Gasteiger partial charge on any atom is 0.322 e. The number of hydrogen-bond acceptors (Lipinski definition) is 4. The van der Waals surface area contributed by atoms with Gasteiger partial charge in [-0.05, 0) is 36.2 Å². The Bertz CT molecular complexity index is 741. The highest BCUT2D eigenvalue weighted by molar-refractivity contribution is 7.89. The molecule has 6 nitrogen and oxygen atoms in total. The third-order valence-corrected chi connectivity index (χ3v) is 4.51. The van der Waals surface area contributed by atoms with E-state index in [0.29, 0.717) is 5.56 Å². The maximum absolute atomic E-state index is 12.2. The second-order valence-electron chi connectivity index (χ2n) is 4.70. The number of phenols is 1. The number of rotatable bonds is 6. The average Bonchev–Trinajstić information content (AvgIpc) is 2.49. The van der Waals surface area contributed by atoms with Crippen molar-refractivity contribution in [2.24, 2.45) is 0 Å². The van der Waals surface area contributed by atoms with Gasteiger partial charge in [0, 0.05) is 0 Å². The van der Waals surface area contributed by atoms with Gasteiger partial charge in [0.2, 0.25) is 10.0 Å². The lowest BCUT2D eigenvalue weighted by Gasteiger charge is -2.15. The molecule has 0 spiro atoms. The number of benzene rings is 2. The van der Waals surface area contributed by atoms with E-state index in [-0.39, 0.29) is 17.1 Å². The van der Waals surface area contributed by atoms with Crippen LogP contribution in [0.4, 0.5) is 0 Å². The van der Waals surface area contributed by atoms with Gasteiger partial charge >= 0.3 is 5.97 Å². The standard InChI is InChI=1S/C15H15NO5S/c17-12-8-6-11(7-9-12)10-14(15(18)19)16-22(20,21)13-4-2-1-3-5-13/h1-9,14,16-17H,10H2,(H,18,19)/t14-/m1/s1. The lowest BCUT2D eigenvalue weighted by Crippen LogP contribution is -2.42. The van der Waals surface area contributed by atoms with Gasteiger partial charge < -0.3 is 10.2 Å². The number of carbonyl (C=O) groups is 1. The summed E-state index contributed by atoms with van der Waals surface area (Å²) >= 11 is 0. The van der Waals surface area contributed by atoms with Crippen molar-refractivity contribution in [2.45, 2.75) is 17.4 Å².